The molecule has 0 radical (unpaired) electrons. The molecular formula is C14H22N4OS. The maximum atomic E-state index is 12.0. The van der Waals surface area contributed by atoms with Crippen molar-refractivity contribution >= 4 is 17.4 Å². The van der Waals surface area contributed by atoms with Crippen molar-refractivity contribution in [1.29, 1.82) is 0 Å². The fourth-order valence-electron chi connectivity index (χ4n) is 3.30. The van der Waals surface area contributed by atoms with Gasteiger partial charge in [0.05, 0.1) is 17.2 Å². The van der Waals surface area contributed by atoms with Gasteiger partial charge in [-0.15, -0.1) is 11.3 Å². The van der Waals surface area contributed by atoms with Crippen LogP contribution in [0.1, 0.15) is 36.4 Å². The zero-order valence-corrected chi connectivity index (χ0v) is 12.7. The summed E-state index contributed by atoms with van der Waals surface area (Å²) in [5.41, 5.74) is 0.938. The summed E-state index contributed by atoms with van der Waals surface area (Å²) in [5, 5.41) is 9.08. The summed E-state index contributed by atoms with van der Waals surface area (Å²) in [6.45, 7) is 4.81. The van der Waals surface area contributed by atoms with Crippen LogP contribution in [0.25, 0.3) is 0 Å². The molecule has 0 bridgehead atoms. The van der Waals surface area contributed by atoms with Gasteiger partial charge < -0.3 is 10.6 Å². The van der Waals surface area contributed by atoms with Gasteiger partial charge in [-0.05, 0) is 32.7 Å². The number of nitrogens with zero attached hydrogens (tertiary/aromatic N) is 2. The molecule has 1 aromatic heterocycles. The van der Waals surface area contributed by atoms with Crippen LogP contribution in [0.15, 0.2) is 5.38 Å². The Hall–Kier alpha value is -1.14. The number of piperidine rings is 1. The molecule has 110 valence electrons. The van der Waals surface area contributed by atoms with Gasteiger partial charge in [0, 0.05) is 24.0 Å². The molecule has 2 amide bonds. The second-order valence-electron chi connectivity index (χ2n) is 5.68. The molecule has 2 saturated heterocycles. The molecule has 3 rings (SSSR count). The minimum absolute atomic E-state index is 0.0620. The Morgan fingerprint density at radius 1 is 1.45 bits per heavy atom. The molecule has 2 N–H and O–H groups in total. The first-order chi connectivity index (χ1) is 9.72. The van der Waals surface area contributed by atoms with Gasteiger partial charge in [-0.1, -0.05) is 6.42 Å². The highest BCUT2D eigenvalue weighted by atomic mass is 32.1. The van der Waals surface area contributed by atoms with Crippen molar-refractivity contribution in [2.75, 3.05) is 13.1 Å². The summed E-state index contributed by atoms with van der Waals surface area (Å²) in [5.74, 6) is 0. The van der Waals surface area contributed by atoms with Gasteiger partial charge in [0.2, 0.25) is 0 Å². The van der Waals surface area contributed by atoms with Crippen LogP contribution in [0, 0.1) is 6.92 Å². The quantitative estimate of drug-likeness (QED) is 0.895. The van der Waals surface area contributed by atoms with Gasteiger partial charge in [-0.3, -0.25) is 4.90 Å². The maximum absolute atomic E-state index is 12.0. The predicted octanol–water partition coefficient (Wildman–Crippen LogP) is 1.88. The van der Waals surface area contributed by atoms with Crippen LogP contribution in [0.2, 0.25) is 0 Å². The number of fused-ring (bicyclic) bond motifs is 1. The summed E-state index contributed by atoms with van der Waals surface area (Å²) < 4.78 is 0. The second kappa shape index (κ2) is 6.10. The van der Waals surface area contributed by atoms with Crippen LogP contribution in [-0.2, 0) is 6.54 Å². The number of carbonyl (C=O) groups is 1. The van der Waals surface area contributed by atoms with Gasteiger partial charge in [-0.2, -0.15) is 0 Å². The Bertz CT molecular complexity index is 475. The number of amides is 2. The summed E-state index contributed by atoms with van der Waals surface area (Å²) in [7, 11) is 0. The summed E-state index contributed by atoms with van der Waals surface area (Å²) in [4.78, 5) is 18.9. The zero-order chi connectivity index (χ0) is 13.9. The Balaban J connectivity index is 1.46. The first kappa shape index (κ1) is 13.8. The third-order valence-corrected chi connectivity index (χ3v) is 5.09. The number of aryl methyl sites for hydroxylation is 1. The lowest BCUT2D eigenvalue weighted by atomic mass is 9.99. The van der Waals surface area contributed by atoms with Crippen molar-refractivity contribution in [3.05, 3.63) is 16.1 Å². The topological polar surface area (TPSA) is 57.3 Å². The minimum Gasteiger partial charge on any atom is -0.334 e. The van der Waals surface area contributed by atoms with Gasteiger partial charge in [0.15, 0.2) is 0 Å². The van der Waals surface area contributed by atoms with E-state index in [1.165, 1.54) is 25.8 Å². The smallest absolute Gasteiger partial charge is 0.315 e. The van der Waals surface area contributed by atoms with Crippen LogP contribution >= 0.6 is 11.3 Å². The standard InChI is InChI=1S/C14H22N4OS/c1-10-16-11(9-20-10)8-15-14(19)17-12-5-7-18-6-3-2-4-13(12)18/h9,12-13H,2-8H2,1H3,(H2,15,17,19)/t12-,13-/m0/s1. The number of rotatable bonds is 3. The van der Waals surface area contributed by atoms with Crippen molar-refractivity contribution < 1.29 is 4.79 Å². The number of aromatic nitrogens is 1. The number of hydrogen-bond donors (Lipinski definition) is 2. The number of urea groups is 1. The predicted molar refractivity (Wildman–Crippen MR) is 79.8 cm³/mol. The lowest BCUT2D eigenvalue weighted by Crippen LogP contribution is -2.49. The van der Waals surface area contributed by atoms with Crippen molar-refractivity contribution in [1.82, 2.24) is 20.5 Å². The number of thiazole rings is 1. The minimum atomic E-state index is -0.0620. The summed E-state index contributed by atoms with van der Waals surface area (Å²) in [6.07, 6.45) is 4.89. The molecule has 0 unspecified atom stereocenters. The van der Waals surface area contributed by atoms with Crippen molar-refractivity contribution in [2.45, 2.75) is 51.2 Å². The Morgan fingerprint density at radius 3 is 3.15 bits per heavy atom. The first-order valence-corrected chi connectivity index (χ1v) is 8.30. The molecule has 0 aromatic carbocycles. The molecule has 2 aliphatic rings. The lowest BCUT2D eigenvalue weighted by molar-refractivity contribution is 0.179. The van der Waals surface area contributed by atoms with E-state index in [0.29, 0.717) is 18.6 Å². The highest BCUT2D eigenvalue weighted by Crippen LogP contribution is 2.26. The van der Waals surface area contributed by atoms with Crippen molar-refractivity contribution in [2.24, 2.45) is 0 Å². The molecule has 2 atom stereocenters. The highest BCUT2D eigenvalue weighted by molar-refractivity contribution is 7.09. The van der Waals surface area contributed by atoms with Gasteiger partial charge >= 0.3 is 6.03 Å². The average Bonchev–Trinajstić information content (AvgIpc) is 3.04. The third kappa shape index (κ3) is 3.12. The Kier molecular flexibility index (Phi) is 4.21. The van der Waals surface area contributed by atoms with E-state index >= 15 is 0 Å². The van der Waals surface area contributed by atoms with E-state index in [1.807, 2.05) is 12.3 Å². The number of carbonyl (C=O) groups excluding carboxylic acids is 1. The van der Waals surface area contributed by atoms with Crippen LogP contribution < -0.4 is 10.6 Å². The molecule has 3 heterocycles. The van der Waals surface area contributed by atoms with E-state index < -0.39 is 0 Å². The van der Waals surface area contributed by atoms with E-state index in [4.69, 9.17) is 0 Å². The van der Waals surface area contributed by atoms with E-state index in [1.54, 1.807) is 11.3 Å². The van der Waals surface area contributed by atoms with E-state index in [0.717, 1.165) is 23.7 Å². The van der Waals surface area contributed by atoms with Crippen LogP contribution in [0.3, 0.4) is 0 Å². The monoisotopic (exact) mass is 294 g/mol. The van der Waals surface area contributed by atoms with Crippen molar-refractivity contribution in [3.8, 4) is 0 Å². The highest BCUT2D eigenvalue weighted by Gasteiger charge is 2.36. The Morgan fingerprint density at radius 2 is 2.35 bits per heavy atom. The molecule has 2 fully saturated rings. The molecule has 1 aromatic rings. The summed E-state index contributed by atoms with van der Waals surface area (Å²) >= 11 is 1.61. The molecule has 0 saturated carbocycles. The number of nitrogens with one attached hydrogen (secondary N) is 2. The lowest BCUT2D eigenvalue weighted by Gasteiger charge is -2.32. The van der Waals surface area contributed by atoms with E-state index in [2.05, 4.69) is 20.5 Å². The molecule has 6 heteroatoms. The average molecular weight is 294 g/mol. The van der Waals surface area contributed by atoms with Crippen LogP contribution in [0.5, 0.6) is 0 Å². The maximum Gasteiger partial charge on any atom is 0.315 e. The van der Waals surface area contributed by atoms with Gasteiger partial charge in [-0.25, -0.2) is 9.78 Å². The molecule has 0 spiro atoms. The molecule has 0 aliphatic carbocycles. The molecule has 2 aliphatic heterocycles. The summed E-state index contributed by atoms with van der Waals surface area (Å²) in [6, 6.07) is 0.802. The van der Waals surface area contributed by atoms with Gasteiger partial charge in [0.25, 0.3) is 0 Å². The second-order valence-corrected chi connectivity index (χ2v) is 6.74. The first-order valence-electron chi connectivity index (χ1n) is 7.42. The normalized spacial score (nSPS) is 26.2. The van der Waals surface area contributed by atoms with Crippen LogP contribution in [-0.4, -0.2) is 41.1 Å². The largest absolute Gasteiger partial charge is 0.334 e. The van der Waals surface area contributed by atoms with E-state index in [-0.39, 0.29) is 6.03 Å². The SMILES string of the molecule is Cc1nc(CNC(=O)N[C@H]2CCN3CCCC[C@@H]23)cs1. The van der Waals surface area contributed by atoms with Crippen molar-refractivity contribution in [3.63, 3.8) is 0 Å². The molecule has 5 nitrogen and oxygen atoms in total. The van der Waals surface area contributed by atoms with E-state index in [9.17, 15) is 4.79 Å². The number of hydrogen-bond acceptors (Lipinski definition) is 4. The Labute approximate surface area is 123 Å². The van der Waals surface area contributed by atoms with Crippen LogP contribution in [0.4, 0.5) is 4.79 Å². The molecular weight excluding hydrogens is 272 g/mol. The van der Waals surface area contributed by atoms with Gasteiger partial charge in [0.1, 0.15) is 0 Å². The zero-order valence-electron chi connectivity index (χ0n) is 11.9. The molecule has 20 heavy (non-hydrogen) atoms. The fourth-order valence-corrected chi connectivity index (χ4v) is 3.91. The fraction of sp³-hybridized carbons (Fsp3) is 0.714. The third-order valence-electron chi connectivity index (χ3n) is 4.27.